The van der Waals surface area contributed by atoms with Crippen molar-refractivity contribution in [3.8, 4) is 0 Å². The van der Waals surface area contributed by atoms with Gasteiger partial charge in [0.2, 0.25) is 5.91 Å². The van der Waals surface area contributed by atoms with Crippen molar-refractivity contribution in [2.45, 2.75) is 31.3 Å². The maximum atomic E-state index is 13.1. The van der Waals surface area contributed by atoms with Crippen molar-refractivity contribution in [1.29, 1.82) is 0 Å². The molecule has 1 atom stereocenters. The van der Waals surface area contributed by atoms with E-state index < -0.39 is 5.54 Å². The van der Waals surface area contributed by atoms with Gasteiger partial charge in [-0.3, -0.25) is 14.7 Å². The van der Waals surface area contributed by atoms with Crippen LogP contribution in [0.1, 0.15) is 24.2 Å². The summed E-state index contributed by atoms with van der Waals surface area (Å²) in [4.78, 5) is 21.6. The molecular weight excluding hydrogens is 386 g/mol. The molecule has 0 aromatic carbocycles. The zero-order valence-electron chi connectivity index (χ0n) is 17.4. The van der Waals surface area contributed by atoms with E-state index in [4.69, 9.17) is 9.47 Å². The molecule has 2 aromatic heterocycles. The molecule has 4 rings (SSSR count). The van der Waals surface area contributed by atoms with Crippen molar-refractivity contribution in [2.24, 2.45) is 0 Å². The molecule has 30 heavy (non-hydrogen) atoms. The first-order valence-electron chi connectivity index (χ1n) is 10.5. The summed E-state index contributed by atoms with van der Waals surface area (Å²) in [5.74, 6) is 0.913. The highest BCUT2D eigenvalue weighted by Crippen LogP contribution is 2.37. The number of nitrogens with zero attached hydrogens (tertiary/aromatic N) is 7. The molecule has 0 aliphatic carbocycles. The minimum atomic E-state index is -0.427. The molecule has 2 saturated heterocycles. The van der Waals surface area contributed by atoms with Crippen molar-refractivity contribution in [3.63, 3.8) is 0 Å². The Morgan fingerprint density at radius 2 is 2.17 bits per heavy atom. The molecule has 2 aliphatic heterocycles. The third-order valence-electron chi connectivity index (χ3n) is 5.97. The standard InChI is InChI=1S/C20H29N7O3/c1-29-11-10-27-19(22-23-24-27)20(26-8-12-30-13-9-26)5-3-7-25(16-20)18(28)14-17-4-2-6-21-15-17/h2,4,6,15H,3,5,7-14,16H2,1H3. The van der Waals surface area contributed by atoms with Crippen LogP contribution in [0.15, 0.2) is 24.5 Å². The number of aromatic nitrogens is 5. The Balaban J connectivity index is 1.61. The highest BCUT2D eigenvalue weighted by Gasteiger charge is 2.47. The highest BCUT2D eigenvalue weighted by atomic mass is 16.5. The number of rotatable bonds is 7. The Morgan fingerprint density at radius 3 is 2.93 bits per heavy atom. The van der Waals surface area contributed by atoms with Crippen LogP contribution in [0, 0.1) is 0 Å². The smallest absolute Gasteiger partial charge is 0.227 e. The van der Waals surface area contributed by atoms with Gasteiger partial charge in [0.05, 0.1) is 32.8 Å². The highest BCUT2D eigenvalue weighted by molar-refractivity contribution is 5.79. The number of ether oxygens (including phenoxy) is 2. The zero-order chi connectivity index (χ0) is 20.8. The Bertz CT molecular complexity index is 825. The minimum Gasteiger partial charge on any atom is -0.383 e. The normalized spacial score (nSPS) is 22.9. The van der Waals surface area contributed by atoms with E-state index in [1.54, 1.807) is 19.5 Å². The fraction of sp³-hybridized carbons (Fsp3) is 0.650. The van der Waals surface area contributed by atoms with Crippen LogP contribution in [0.25, 0.3) is 0 Å². The monoisotopic (exact) mass is 415 g/mol. The van der Waals surface area contributed by atoms with Crippen molar-refractivity contribution in [1.82, 2.24) is 35.0 Å². The van der Waals surface area contributed by atoms with E-state index in [9.17, 15) is 4.79 Å². The van der Waals surface area contributed by atoms with E-state index in [2.05, 4.69) is 25.4 Å². The topological polar surface area (TPSA) is 98.5 Å². The van der Waals surface area contributed by atoms with E-state index >= 15 is 0 Å². The number of amides is 1. The number of methoxy groups -OCH3 is 1. The molecule has 2 aliphatic rings. The Hall–Kier alpha value is -2.43. The number of hydrogen-bond acceptors (Lipinski definition) is 8. The van der Waals surface area contributed by atoms with Crippen LogP contribution in [0.4, 0.5) is 0 Å². The molecule has 0 spiro atoms. The van der Waals surface area contributed by atoms with E-state index in [-0.39, 0.29) is 5.91 Å². The largest absolute Gasteiger partial charge is 0.383 e. The number of piperidine rings is 1. The second-order valence-corrected chi connectivity index (χ2v) is 7.81. The summed E-state index contributed by atoms with van der Waals surface area (Å²) >= 11 is 0. The predicted octanol–water partition coefficient (Wildman–Crippen LogP) is 0.107. The molecule has 2 fully saturated rings. The van der Waals surface area contributed by atoms with Gasteiger partial charge in [0.1, 0.15) is 5.54 Å². The first kappa shape index (κ1) is 20.8. The zero-order valence-corrected chi connectivity index (χ0v) is 17.4. The van der Waals surface area contributed by atoms with Crippen LogP contribution in [-0.4, -0.2) is 94.0 Å². The van der Waals surface area contributed by atoms with E-state index in [1.165, 1.54) is 0 Å². The summed E-state index contributed by atoms with van der Waals surface area (Å²) in [7, 11) is 1.67. The Morgan fingerprint density at radius 1 is 1.30 bits per heavy atom. The molecule has 0 radical (unpaired) electrons. The van der Waals surface area contributed by atoms with Gasteiger partial charge in [-0.2, -0.15) is 0 Å². The summed E-state index contributed by atoms with van der Waals surface area (Å²) in [6.07, 6.45) is 5.62. The van der Waals surface area contributed by atoms with Gasteiger partial charge >= 0.3 is 0 Å². The van der Waals surface area contributed by atoms with Crippen molar-refractivity contribution < 1.29 is 14.3 Å². The fourth-order valence-electron chi connectivity index (χ4n) is 4.48. The van der Waals surface area contributed by atoms with Crippen LogP contribution >= 0.6 is 0 Å². The molecule has 0 N–H and O–H groups in total. The van der Waals surface area contributed by atoms with Gasteiger partial charge in [-0.25, -0.2) is 4.68 Å². The molecule has 4 heterocycles. The van der Waals surface area contributed by atoms with Gasteiger partial charge in [-0.15, -0.1) is 5.10 Å². The average Bonchev–Trinajstić information content (AvgIpc) is 3.28. The van der Waals surface area contributed by atoms with E-state index in [0.29, 0.717) is 39.3 Å². The van der Waals surface area contributed by atoms with Gasteiger partial charge in [-0.05, 0) is 34.9 Å². The first-order valence-corrected chi connectivity index (χ1v) is 10.5. The van der Waals surface area contributed by atoms with Gasteiger partial charge in [0, 0.05) is 45.7 Å². The molecule has 10 nitrogen and oxygen atoms in total. The van der Waals surface area contributed by atoms with Crippen LogP contribution < -0.4 is 0 Å². The predicted molar refractivity (Wildman–Crippen MR) is 108 cm³/mol. The molecule has 1 amide bonds. The number of pyridine rings is 1. The van der Waals surface area contributed by atoms with Gasteiger partial charge in [0.25, 0.3) is 0 Å². The number of carbonyl (C=O) groups is 1. The lowest BCUT2D eigenvalue weighted by Crippen LogP contribution is -2.61. The van der Waals surface area contributed by atoms with Gasteiger partial charge in [-0.1, -0.05) is 6.07 Å². The first-order chi connectivity index (χ1) is 14.7. The number of hydrogen-bond donors (Lipinski definition) is 0. The van der Waals surface area contributed by atoms with Crippen molar-refractivity contribution in [2.75, 3.05) is 53.1 Å². The molecule has 162 valence electrons. The van der Waals surface area contributed by atoms with Gasteiger partial charge in [0.15, 0.2) is 5.82 Å². The van der Waals surface area contributed by atoms with Crippen LogP contribution in [0.5, 0.6) is 0 Å². The lowest BCUT2D eigenvalue weighted by atomic mass is 9.85. The summed E-state index contributed by atoms with van der Waals surface area (Å²) in [6.45, 7) is 5.35. The summed E-state index contributed by atoms with van der Waals surface area (Å²) in [5, 5.41) is 12.6. The summed E-state index contributed by atoms with van der Waals surface area (Å²) < 4.78 is 12.7. The Labute approximate surface area is 176 Å². The molecule has 0 saturated carbocycles. The molecular formula is C20H29N7O3. The third kappa shape index (κ3) is 4.35. The van der Waals surface area contributed by atoms with Crippen molar-refractivity contribution in [3.05, 3.63) is 35.9 Å². The number of morpholine rings is 1. The number of tetrazole rings is 1. The van der Waals surface area contributed by atoms with Crippen LogP contribution in [0.2, 0.25) is 0 Å². The molecule has 2 aromatic rings. The fourth-order valence-corrected chi connectivity index (χ4v) is 4.48. The maximum Gasteiger partial charge on any atom is 0.227 e. The van der Waals surface area contributed by atoms with Crippen LogP contribution in [0.3, 0.4) is 0 Å². The summed E-state index contributed by atoms with van der Waals surface area (Å²) in [6, 6.07) is 3.80. The summed E-state index contributed by atoms with van der Waals surface area (Å²) in [5.41, 5.74) is 0.499. The van der Waals surface area contributed by atoms with Crippen LogP contribution in [-0.2, 0) is 32.8 Å². The van der Waals surface area contributed by atoms with E-state index in [1.807, 2.05) is 21.7 Å². The molecule has 1 unspecified atom stereocenters. The molecule has 10 heteroatoms. The van der Waals surface area contributed by atoms with E-state index in [0.717, 1.165) is 43.9 Å². The minimum absolute atomic E-state index is 0.108. The quantitative estimate of drug-likeness (QED) is 0.628. The SMILES string of the molecule is COCCn1nnnc1C1(N2CCOCC2)CCCN(C(=O)Cc2cccnc2)C1. The lowest BCUT2D eigenvalue weighted by molar-refractivity contribution is -0.137. The number of likely N-dealkylation sites (tertiary alicyclic amines) is 1. The maximum absolute atomic E-state index is 13.1. The lowest BCUT2D eigenvalue weighted by Gasteiger charge is -2.49. The Kier molecular flexibility index (Phi) is 6.66. The number of carbonyl (C=O) groups excluding carboxylic acids is 1. The van der Waals surface area contributed by atoms with Crippen molar-refractivity contribution >= 4 is 5.91 Å². The second kappa shape index (κ2) is 9.59. The van der Waals surface area contributed by atoms with Gasteiger partial charge < -0.3 is 14.4 Å². The second-order valence-electron chi connectivity index (χ2n) is 7.81. The third-order valence-corrected chi connectivity index (χ3v) is 5.97. The average molecular weight is 415 g/mol. The molecule has 0 bridgehead atoms.